The van der Waals surface area contributed by atoms with E-state index in [-0.39, 0.29) is 0 Å². The minimum atomic E-state index is 0.443. The molecule has 0 spiro atoms. The Hall–Kier alpha value is -0.910. The van der Waals surface area contributed by atoms with Gasteiger partial charge in [0.25, 0.3) is 0 Å². The summed E-state index contributed by atoms with van der Waals surface area (Å²) in [6.07, 6.45) is 0. The molecule has 1 aromatic heterocycles. The number of benzene rings is 1. The van der Waals surface area contributed by atoms with Crippen LogP contribution in [-0.2, 0) is 6.54 Å². The molecule has 19 heavy (non-hydrogen) atoms. The molecule has 0 unspecified atom stereocenters. The molecule has 0 amide bonds. The van der Waals surface area contributed by atoms with Crippen molar-refractivity contribution < 1.29 is 0 Å². The van der Waals surface area contributed by atoms with Gasteiger partial charge in [0, 0.05) is 33.0 Å². The Kier molecular flexibility index (Phi) is 4.60. The zero-order valence-corrected chi connectivity index (χ0v) is 14.0. The molecule has 0 radical (unpaired) electrons. The average molecular weight is 355 g/mol. The molecule has 0 atom stereocenters. The highest BCUT2D eigenvalue weighted by atomic mass is 79.9. The Morgan fingerprint density at radius 3 is 2.79 bits per heavy atom. The van der Waals surface area contributed by atoms with Crippen molar-refractivity contribution in [3.05, 3.63) is 50.1 Å². The number of thiocarbonyl (C=S) groups is 1. The van der Waals surface area contributed by atoms with Gasteiger partial charge in [0.1, 0.15) is 4.99 Å². The molecular formula is C14H15BrN2S2. The summed E-state index contributed by atoms with van der Waals surface area (Å²) in [5, 5.41) is 2.09. The van der Waals surface area contributed by atoms with Crippen LogP contribution in [-0.4, -0.2) is 12.0 Å². The maximum Gasteiger partial charge on any atom is 0.106 e. The van der Waals surface area contributed by atoms with E-state index in [2.05, 4.69) is 52.3 Å². The van der Waals surface area contributed by atoms with E-state index in [4.69, 9.17) is 18.0 Å². The highest BCUT2D eigenvalue weighted by Crippen LogP contribution is 2.28. The fraction of sp³-hybridized carbons (Fsp3) is 0.214. The monoisotopic (exact) mass is 354 g/mol. The lowest BCUT2D eigenvalue weighted by Crippen LogP contribution is -2.22. The first kappa shape index (κ1) is 14.5. The molecule has 0 fully saturated rings. The van der Waals surface area contributed by atoms with Crippen molar-refractivity contribution in [2.75, 3.05) is 11.9 Å². The number of thiophene rings is 1. The number of nitrogens with two attached hydrogens (primary N) is 1. The van der Waals surface area contributed by atoms with Crippen LogP contribution in [0.25, 0.3) is 0 Å². The number of rotatable bonds is 4. The van der Waals surface area contributed by atoms with Gasteiger partial charge in [-0.05, 0) is 40.5 Å². The van der Waals surface area contributed by atoms with Crippen LogP contribution in [0.4, 0.5) is 5.69 Å². The van der Waals surface area contributed by atoms with Gasteiger partial charge in [-0.1, -0.05) is 24.4 Å². The molecule has 1 aromatic carbocycles. The van der Waals surface area contributed by atoms with Crippen LogP contribution < -0.4 is 10.6 Å². The van der Waals surface area contributed by atoms with Crippen LogP contribution >= 0.6 is 39.5 Å². The van der Waals surface area contributed by atoms with Crippen molar-refractivity contribution in [3.8, 4) is 0 Å². The van der Waals surface area contributed by atoms with Gasteiger partial charge >= 0.3 is 0 Å². The highest BCUT2D eigenvalue weighted by molar-refractivity contribution is 9.10. The zero-order valence-electron chi connectivity index (χ0n) is 10.8. The number of para-hydroxylation sites is 1. The minimum Gasteiger partial charge on any atom is -0.389 e. The predicted octanol–water partition coefficient (Wildman–Crippen LogP) is 4.09. The van der Waals surface area contributed by atoms with Crippen LogP contribution in [0.2, 0.25) is 0 Å². The van der Waals surface area contributed by atoms with Gasteiger partial charge in [0.05, 0.1) is 6.54 Å². The van der Waals surface area contributed by atoms with E-state index < -0.39 is 0 Å². The Balaban J connectivity index is 2.32. The number of nitrogens with zero attached hydrogens (tertiary/aromatic N) is 1. The van der Waals surface area contributed by atoms with Gasteiger partial charge in [-0.2, -0.15) is 0 Å². The van der Waals surface area contributed by atoms with E-state index in [0.717, 1.165) is 22.3 Å². The molecule has 2 N–H and O–H groups in total. The summed E-state index contributed by atoms with van der Waals surface area (Å²) in [7, 11) is 2.07. The second-order valence-electron chi connectivity index (χ2n) is 4.42. The summed E-state index contributed by atoms with van der Waals surface area (Å²) < 4.78 is 1.13. The molecule has 0 aliphatic heterocycles. The lowest BCUT2D eigenvalue weighted by Gasteiger charge is -2.23. The molecule has 1 heterocycles. The number of aryl methyl sites for hydroxylation is 1. The topological polar surface area (TPSA) is 29.3 Å². The number of halogens is 1. The normalized spacial score (nSPS) is 10.5. The van der Waals surface area contributed by atoms with E-state index in [0.29, 0.717) is 4.99 Å². The number of hydrogen-bond acceptors (Lipinski definition) is 3. The van der Waals surface area contributed by atoms with Crippen molar-refractivity contribution in [1.82, 2.24) is 0 Å². The van der Waals surface area contributed by atoms with Gasteiger partial charge in [-0.25, -0.2) is 0 Å². The standard InChI is InChI=1S/C14H15BrN2S2/c1-9-4-3-5-12(14(16)18)13(9)17(2)7-11-6-10(15)8-19-11/h3-6,8H,7H2,1-2H3,(H2,16,18). The van der Waals surface area contributed by atoms with E-state index in [1.807, 2.05) is 12.1 Å². The molecule has 2 aromatic rings. The SMILES string of the molecule is Cc1cccc(C(N)=S)c1N(C)Cc1cc(Br)cs1. The van der Waals surface area contributed by atoms with Crippen molar-refractivity contribution in [2.45, 2.75) is 13.5 Å². The maximum absolute atomic E-state index is 5.82. The van der Waals surface area contributed by atoms with Gasteiger partial charge < -0.3 is 10.6 Å². The van der Waals surface area contributed by atoms with Gasteiger partial charge in [-0.15, -0.1) is 11.3 Å². The van der Waals surface area contributed by atoms with E-state index in [1.54, 1.807) is 11.3 Å². The molecule has 0 aliphatic rings. The predicted molar refractivity (Wildman–Crippen MR) is 91.2 cm³/mol. The smallest absolute Gasteiger partial charge is 0.106 e. The summed E-state index contributed by atoms with van der Waals surface area (Å²) in [4.78, 5) is 3.94. The third-order valence-corrected chi connectivity index (χ3v) is 4.80. The molecule has 5 heteroatoms. The lowest BCUT2D eigenvalue weighted by molar-refractivity contribution is 0.932. The minimum absolute atomic E-state index is 0.443. The molecule has 100 valence electrons. The molecule has 0 saturated carbocycles. The zero-order chi connectivity index (χ0) is 14.0. The first-order valence-corrected chi connectivity index (χ1v) is 7.90. The summed E-state index contributed by atoms with van der Waals surface area (Å²) in [5.41, 5.74) is 9.05. The summed E-state index contributed by atoms with van der Waals surface area (Å²) >= 11 is 10.4. The van der Waals surface area contributed by atoms with Crippen LogP contribution in [0, 0.1) is 6.92 Å². The van der Waals surface area contributed by atoms with Crippen molar-refractivity contribution in [2.24, 2.45) is 5.73 Å². The molecule has 0 saturated heterocycles. The van der Waals surface area contributed by atoms with Crippen LogP contribution in [0.1, 0.15) is 16.0 Å². The Morgan fingerprint density at radius 1 is 1.47 bits per heavy atom. The second-order valence-corrected chi connectivity index (χ2v) is 6.77. The Labute approximate surface area is 131 Å². The molecule has 0 bridgehead atoms. The third-order valence-electron chi connectivity index (χ3n) is 2.90. The lowest BCUT2D eigenvalue weighted by atomic mass is 10.1. The van der Waals surface area contributed by atoms with E-state index >= 15 is 0 Å². The quantitative estimate of drug-likeness (QED) is 0.838. The fourth-order valence-electron chi connectivity index (χ4n) is 2.11. The van der Waals surface area contributed by atoms with Gasteiger partial charge in [0.15, 0.2) is 0 Å². The fourth-order valence-corrected chi connectivity index (χ4v) is 3.78. The van der Waals surface area contributed by atoms with Crippen molar-refractivity contribution in [1.29, 1.82) is 0 Å². The first-order valence-electron chi connectivity index (χ1n) is 5.82. The highest BCUT2D eigenvalue weighted by Gasteiger charge is 2.13. The third kappa shape index (κ3) is 3.35. The van der Waals surface area contributed by atoms with Gasteiger partial charge in [0.2, 0.25) is 0 Å². The molecule has 0 aliphatic carbocycles. The van der Waals surface area contributed by atoms with Crippen LogP contribution in [0.15, 0.2) is 34.1 Å². The summed E-state index contributed by atoms with van der Waals surface area (Å²) in [5.74, 6) is 0. The Bertz CT molecular complexity index is 607. The van der Waals surface area contributed by atoms with Crippen molar-refractivity contribution >= 4 is 50.2 Å². The van der Waals surface area contributed by atoms with Crippen LogP contribution in [0.5, 0.6) is 0 Å². The average Bonchev–Trinajstić information content (AvgIpc) is 2.74. The summed E-state index contributed by atoms with van der Waals surface area (Å²) in [6.45, 7) is 2.93. The maximum atomic E-state index is 5.82. The number of hydrogen-bond donors (Lipinski definition) is 1. The first-order chi connectivity index (χ1) is 8.99. The van der Waals surface area contributed by atoms with Gasteiger partial charge in [-0.3, -0.25) is 0 Å². The van der Waals surface area contributed by atoms with Crippen LogP contribution in [0.3, 0.4) is 0 Å². The molecular weight excluding hydrogens is 340 g/mol. The van der Waals surface area contributed by atoms with Crippen molar-refractivity contribution in [3.63, 3.8) is 0 Å². The largest absolute Gasteiger partial charge is 0.389 e. The molecule has 2 nitrogen and oxygen atoms in total. The Morgan fingerprint density at radius 2 is 2.21 bits per heavy atom. The number of anilines is 1. The summed E-state index contributed by atoms with van der Waals surface area (Å²) in [6, 6.07) is 8.19. The van der Waals surface area contributed by atoms with E-state index in [1.165, 1.54) is 10.4 Å². The molecule has 2 rings (SSSR count). The second kappa shape index (κ2) is 6.03. The van der Waals surface area contributed by atoms with E-state index in [9.17, 15) is 0 Å².